The highest BCUT2D eigenvalue weighted by Crippen LogP contribution is 2.04. The molecular formula is C14H15N3O3S. The second-order valence-corrected chi connectivity index (χ2v) is 4.64. The van der Waals surface area contributed by atoms with Gasteiger partial charge in [0.25, 0.3) is 5.91 Å². The molecule has 0 bridgehead atoms. The van der Waals surface area contributed by atoms with Crippen LogP contribution in [0.5, 0.6) is 0 Å². The summed E-state index contributed by atoms with van der Waals surface area (Å²) in [4.78, 5) is 23.5. The first-order chi connectivity index (χ1) is 10.1. The highest BCUT2D eigenvalue weighted by molar-refractivity contribution is 7.81. The summed E-state index contributed by atoms with van der Waals surface area (Å²) >= 11 is 4.24. The molecular weight excluding hydrogens is 290 g/mol. The lowest BCUT2D eigenvalue weighted by Gasteiger charge is -2.18. The van der Waals surface area contributed by atoms with Crippen molar-refractivity contribution < 1.29 is 14.3 Å². The van der Waals surface area contributed by atoms with Crippen LogP contribution in [0.2, 0.25) is 0 Å². The fourth-order valence-corrected chi connectivity index (χ4v) is 1.97. The average Bonchev–Trinajstić information content (AvgIpc) is 2.95. The van der Waals surface area contributed by atoms with Crippen LogP contribution in [0.25, 0.3) is 0 Å². The van der Waals surface area contributed by atoms with Gasteiger partial charge in [0.2, 0.25) is 0 Å². The lowest BCUT2D eigenvalue weighted by atomic mass is 10.2. The Kier molecular flexibility index (Phi) is 4.89. The summed E-state index contributed by atoms with van der Waals surface area (Å²) in [7, 11) is 1.30. The molecule has 2 N–H and O–H groups in total. The molecule has 1 amide bonds. The van der Waals surface area contributed by atoms with E-state index in [2.05, 4.69) is 28.1 Å². The molecule has 1 atom stereocenters. The van der Waals surface area contributed by atoms with Crippen LogP contribution in [0.1, 0.15) is 20.8 Å². The van der Waals surface area contributed by atoms with Crippen molar-refractivity contribution in [3.05, 3.63) is 59.9 Å². The Morgan fingerprint density at radius 3 is 2.57 bits per heavy atom. The van der Waals surface area contributed by atoms with Crippen molar-refractivity contribution in [2.45, 2.75) is 5.50 Å². The fourth-order valence-electron chi connectivity index (χ4n) is 1.73. The van der Waals surface area contributed by atoms with Crippen molar-refractivity contribution in [3.8, 4) is 0 Å². The highest BCUT2D eigenvalue weighted by atomic mass is 32.1. The molecule has 0 aliphatic rings. The number of carbonyl (C=O) groups excluding carboxylic acids is 2. The minimum atomic E-state index is -0.673. The molecule has 0 saturated carbocycles. The largest absolute Gasteiger partial charge is 0.464 e. The van der Waals surface area contributed by atoms with Gasteiger partial charge in [-0.15, -0.1) is 12.6 Å². The lowest BCUT2D eigenvalue weighted by Crippen LogP contribution is -2.40. The predicted molar refractivity (Wildman–Crippen MR) is 81.8 cm³/mol. The van der Waals surface area contributed by atoms with Crippen LogP contribution >= 0.6 is 12.6 Å². The number of amides is 1. The first kappa shape index (κ1) is 15.0. The molecule has 0 aliphatic carbocycles. The molecule has 6 nitrogen and oxygen atoms in total. The second-order valence-electron chi connectivity index (χ2n) is 4.13. The van der Waals surface area contributed by atoms with Gasteiger partial charge in [-0.25, -0.2) is 4.79 Å². The summed E-state index contributed by atoms with van der Waals surface area (Å²) in [6, 6.07) is 12.1. The number of thiol groups is 1. The normalized spacial score (nSPS) is 11.5. The van der Waals surface area contributed by atoms with Crippen molar-refractivity contribution in [1.82, 2.24) is 9.99 Å². The molecule has 110 valence electrons. The summed E-state index contributed by atoms with van der Waals surface area (Å²) in [5, 5.41) is 2.66. The number of ether oxygens (including phenoxy) is 1. The summed E-state index contributed by atoms with van der Waals surface area (Å²) in [6.45, 7) is 0. The predicted octanol–water partition coefficient (Wildman–Crippen LogP) is 1.46. The van der Waals surface area contributed by atoms with Gasteiger partial charge < -0.3 is 10.1 Å². The number of rotatable bonds is 5. The van der Waals surface area contributed by atoms with E-state index in [9.17, 15) is 9.59 Å². The fraction of sp³-hybridized carbons (Fsp3) is 0.143. The third-order valence-corrected chi connectivity index (χ3v) is 2.95. The molecule has 1 unspecified atom stereocenters. The van der Waals surface area contributed by atoms with Crippen LogP contribution in [-0.2, 0) is 4.74 Å². The molecule has 1 aromatic carbocycles. The Morgan fingerprint density at radius 1 is 1.19 bits per heavy atom. The van der Waals surface area contributed by atoms with E-state index in [0.29, 0.717) is 11.3 Å². The van der Waals surface area contributed by atoms with Gasteiger partial charge in [0.1, 0.15) is 5.69 Å². The third kappa shape index (κ3) is 3.79. The topological polar surface area (TPSA) is 72.4 Å². The van der Waals surface area contributed by atoms with Crippen molar-refractivity contribution in [2.24, 2.45) is 0 Å². The Morgan fingerprint density at radius 2 is 1.90 bits per heavy atom. The molecule has 21 heavy (non-hydrogen) atoms. The van der Waals surface area contributed by atoms with Crippen molar-refractivity contribution >= 4 is 24.5 Å². The molecule has 0 aliphatic heterocycles. The summed E-state index contributed by atoms with van der Waals surface area (Å²) in [5.41, 5.74) is 3.02. The van der Waals surface area contributed by atoms with Crippen LogP contribution in [0.4, 0.5) is 0 Å². The smallest absolute Gasteiger partial charge is 0.356 e. The van der Waals surface area contributed by atoms with Crippen LogP contribution in [-0.4, -0.2) is 29.2 Å². The van der Waals surface area contributed by atoms with Gasteiger partial charge in [-0.3, -0.25) is 14.9 Å². The molecule has 0 fully saturated rings. The molecule has 2 rings (SSSR count). The third-order valence-electron chi connectivity index (χ3n) is 2.71. The minimum Gasteiger partial charge on any atom is -0.464 e. The first-order valence-corrected chi connectivity index (χ1v) is 6.69. The van der Waals surface area contributed by atoms with Crippen LogP contribution < -0.4 is 10.7 Å². The minimum absolute atomic E-state index is 0.269. The summed E-state index contributed by atoms with van der Waals surface area (Å²) in [6.07, 6.45) is 1.63. The number of methoxy groups -OCH3 is 1. The number of nitrogens with zero attached hydrogens (tertiary/aromatic N) is 1. The van der Waals surface area contributed by atoms with E-state index in [-0.39, 0.29) is 5.91 Å². The highest BCUT2D eigenvalue weighted by Gasteiger charge is 2.14. The zero-order valence-corrected chi connectivity index (χ0v) is 12.2. The molecule has 1 heterocycles. The maximum atomic E-state index is 12.0. The molecule has 1 aromatic heterocycles. The Hall–Kier alpha value is -2.41. The van der Waals surface area contributed by atoms with Crippen LogP contribution in [0, 0.1) is 0 Å². The molecule has 0 radical (unpaired) electrons. The first-order valence-electron chi connectivity index (χ1n) is 6.18. The van der Waals surface area contributed by atoms with E-state index in [4.69, 9.17) is 0 Å². The van der Waals surface area contributed by atoms with E-state index in [1.54, 1.807) is 42.6 Å². The van der Waals surface area contributed by atoms with Crippen LogP contribution in [0.3, 0.4) is 0 Å². The molecule has 2 aromatic rings. The Labute approximate surface area is 127 Å². The summed E-state index contributed by atoms with van der Waals surface area (Å²) in [5.74, 6) is -0.753. The van der Waals surface area contributed by atoms with E-state index < -0.39 is 11.5 Å². The maximum Gasteiger partial charge on any atom is 0.356 e. The standard InChI is InChI=1S/C14H15N3O3S/c1-20-13(19)11-8-5-9-17(11)16-14(21)15-12(18)10-6-3-2-4-7-10/h2-9,14,16,21H,1H3,(H,15,18). The van der Waals surface area contributed by atoms with Crippen molar-refractivity contribution in [3.63, 3.8) is 0 Å². The number of esters is 1. The molecule has 7 heteroatoms. The maximum absolute atomic E-state index is 12.0. The van der Waals surface area contributed by atoms with E-state index in [1.807, 2.05) is 6.07 Å². The number of hydrogen-bond donors (Lipinski definition) is 3. The number of benzene rings is 1. The van der Waals surface area contributed by atoms with E-state index >= 15 is 0 Å². The number of aromatic nitrogens is 1. The van der Waals surface area contributed by atoms with E-state index in [1.165, 1.54) is 11.8 Å². The van der Waals surface area contributed by atoms with Gasteiger partial charge >= 0.3 is 5.97 Å². The van der Waals surface area contributed by atoms with Crippen LogP contribution in [0.15, 0.2) is 48.7 Å². The summed E-state index contributed by atoms with van der Waals surface area (Å²) < 4.78 is 6.09. The van der Waals surface area contributed by atoms with Crippen molar-refractivity contribution in [2.75, 3.05) is 12.5 Å². The molecule has 0 spiro atoms. The molecule has 0 saturated heterocycles. The monoisotopic (exact) mass is 305 g/mol. The van der Waals surface area contributed by atoms with Gasteiger partial charge in [0, 0.05) is 11.8 Å². The number of carbonyl (C=O) groups is 2. The van der Waals surface area contributed by atoms with Gasteiger partial charge in [-0.05, 0) is 24.3 Å². The van der Waals surface area contributed by atoms with Gasteiger partial charge in [0.15, 0.2) is 5.50 Å². The number of hydrogen-bond acceptors (Lipinski definition) is 5. The Bertz CT molecular complexity index is 627. The quantitative estimate of drug-likeness (QED) is 0.444. The van der Waals surface area contributed by atoms with Gasteiger partial charge in [-0.2, -0.15) is 0 Å². The van der Waals surface area contributed by atoms with Gasteiger partial charge in [-0.1, -0.05) is 18.2 Å². The van der Waals surface area contributed by atoms with Gasteiger partial charge in [0.05, 0.1) is 7.11 Å². The van der Waals surface area contributed by atoms with Crippen molar-refractivity contribution in [1.29, 1.82) is 0 Å². The lowest BCUT2D eigenvalue weighted by molar-refractivity contribution is 0.0590. The second kappa shape index (κ2) is 6.85. The zero-order valence-electron chi connectivity index (χ0n) is 11.3. The van der Waals surface area contributed by atoms with E-state index in [0.717, 1.165) is 0 Å². The Balaban J connectivity index is 1.99. The number of nitrogens with one attached hydrogen (secondary N) is 2. The zero-order chi connectivity index (χ0) is 15.2. The SMILES string of the molecule is COC(=O)c1cccn1NC(S)NC(=O)c1ccccc1. The average molecular weight is 305 g/mol.